The molecule has 0 unspecified atom stereocenters. The minimum Gasteiger partial charge on any atom is -0.472 e. The van der Waals surface area contributed by atoms with Gasteiger partial charge in [0.15, 0.2) is 0 Å². The number of furan rings is 1. The smallest absolute Gasteiger partial charge is 0.257 e. The number of aliphatic hydroxyl groups is 1. The molecule has 1 aromatic rings. The maximum absolute atomic E-state index is 12.1. The molecular formula is C12H16N2O4. The normalized spacial score (nSPS) is 23.1. The second-order valence-electron chi connectivity index (χ2n) is 4.39. The molecule has 0 aliphatic carbocycles. The van der Waals surface area contributed by atoms with Crippen LogP contribution in [0.3, 0.4) is 0 Å². The van der Waals surface area contributed by atoms with Crippen molar-refractivity contribution < 1.29 is 19.1 Å². The second-order valence-corrected chi connectivity index (χ2v) is 4.39. The van der Waals surface area contributed by atoms with Crippen LogP contribution in [0.5, 0.6) is 0 Å². The predicted molar refractivity (Wildman–Crippen MR) is 62.7 cm³/mol. The number of amides is 2. The molecule has 1 aliphatic heterocycles. The van der Waals surface area contributed by atoms with Crippen LogP contribution in [0, 0.1) is 11.8 Å². The van der Waals surface area contributed by atoms with E-state index < -0.39 is 0 Å². The third-order valence-corrected chi connectivity index (χ3v) is 3.31. The first-order valence-electron chi connectivity index (χ1n) is 5.81. The molecule has 18 heavy (non-hydrogen) atoms. The van der Waals surface area contributed by atoms with E-state index in [1.54, 1.807) is 18.0 Å². The number of hydrogen-bond donors (Lipinski definition) is 2. The molecule has 98 valence electrons. The van der Waals surface area contributed by atoms with E-state index in [1.807, 2.05) is 0 Å². The monoisotopic (exact) mass is 252 g/mol. The van der Waals surface area contributed by atoms with Gasteiger partial charge in [-0.2, -0.15) is 0 Å². The highest BCUT2D eigenvalue weighted by molar-refractivity contribution is 5.94. The van der Waals surface area contributed by atoms with Gasteiger partial charge in [-0.05, 0) is 6.07 Å². The van der Waals surface area contributed by atoms with Crippen LogP contribution < -0.4 is 5.32 Å². The molecule has 2 amide bonds. The lowest BCUT2D eigenvalue weighted by molar-refractivity contribution is -0.125. The number of hydrogen-bond acceptors (Lipinski definition) is 4. The molecule has 0 bridgehead atoms. The second kappa shape index (κ2) is 5.22. The summed E-state index contributed by atoms with van der Waals surface area (Å²) in [5, 5.41) is 11.8. The third kappa shape index (κ3) is 2.24. The average Bonchev–Trinajstić information content (AvgIpc) is 3.05. The number of carbonyl (C=O) groups excluding carboxylic acids is 2. The van der Waals surface area contributed by atoms with Crippen LogP contribution in [0.25, 0.3) is 0 Å². The van der Waals surface area contributed by atoms with Crippen molar-refractivity contribution in [2.45, 2.75) is 0 Å². The standard InChI is InChI=1S/C12H16N2O4/c1-13-11(16)10-5-14(4-9(10)6-15)12(17)8-2-3-18-7-8/h2-3,7,9-10,15H,4-6H2,1H3,(H,13,16)/t9-,10+/m0/s1. The van der Waals surface area contributed by atoms with Crippen molar-refractivity contribution in [3.05, 3.63) is 24.2 Å². The molecule has 2 heterocycles. The van der Waals surface area contributed by atoms with Gasteiger partial charge in [-0.25, -0.2) is 0 Å². The van der Waals surface area contributed by atoms with Crippen molar-refractivity contribution in [1.82, 2.24) is 10.2 Å². The first-order valence-corrected chi connectivity index (χ1v) is 5.81. The number of nitrogens with zero attached hydrogens (tertiary/aromatic N) is 1. The average molecular weight is 252 g/mol. The minimum atomic E-state index is -0.351. The molecule has 0 radical (unpaired) electrons. The van der Waals surface area contributed by atoms with Gasteiger partial charge in [0.2, 0.25) is 5.91 Å². The van der Waals surface area contributed by atoms with E-state index in [9.17, 15) is 14.7 Å². The van der Waals surface area contributed by atoms with Gasteiger partial charge < -0.3 is 19.7 Å². The lowest BCUT2D eigenvalue weighted by atomic mass is 9.96. The van der Waals surface area contributed by atoms with E-state index in [0.29, 0.717) is 18.7 Å². The van der Waals surface area contributed by atoms with Gasteiger partial charge in [0, 0.05) is 32.7 Å². The molecule has 2 N–H and O–H groups in total. The molecule has 6 nitrogen and oxygen atoms in total. The van der Waals surface area contributed by atoms with Gasteiger partial charge in [0.25, 0.3) is 5.91 Å². The number of aliphatic hydroxyl groups excluding tert-OH is 1. The van der Waals surface area contributed by atoms with E-state index in [-0.39, 0.29) is 30.3 Å². The Morgan fingerprint density at radius 1 is 1.56 bits per heavy atom. The largest absolute Gasteiger partial charge is 0.472 e. The Labute approximate surface area is 105 Å². The molecular weight excluding hydrogens is 236 g/mol. The molecule has 0 spiro atoms. The summed E-state index contributed by atoms with van der Waals surface area (Å²) in [6.07, 6.45) is 2.81. The third-order valence-electron chi connectivity index (χ3n) is 3.31. The zero-order valence-electron chi connectivity index (χ0n) is 10.1. The lowest BCUT2D eigenvalue weighted by Crippen LogP contribution is -2.34. The SMILES string of the molecule is CNC(=O)[C@@H]1CN(C(=O)c2ccoc2)C[C@H]1CO. The number of nitrogens with one attached hydrogen (secondary N) is 1. The van der Waals surface area contributed by atoms with Crippen LogP contribution in [-0.2, 0) is 4.79 Å². The Balaban J connectivity index is 2.09. The maximum atomic E-state index is 12.1. The first-order chi connectivity index (χ1) is 8.67. The van der Waals surface area contributed by atoms with Crippen LogP contribution >= 0.6 is 0 Å². The summed E-state index contributed by atoms with van der Waals surface area (Å²) in [7, 11) is 1.55. The molecule has 0 saturated carbocycles. The van der Waals surface area contributed by atoms with Gasteiger partial charge in [-0.1, -0.05) is 0 Å². The highest BCUT2D eigenvalue weighted by Gasteiger charge is 2.39. The highest BCUT2D eigenvalue weighted by atomic mass is 16.3. The summed E-state index contributed by atoms with van der Waals surface area (Å²) in [5.74, 6) is -0.873. The van der Waals surface area contributed by atoms with Gasteiger partial charge >= 0.3 is 0 Å². The van der Waals surface area contributed by atoms with Crippen molar-refractivity contribution >= 4 is 11.8 Å². The van der Waals surface area contributed by atoms with Crippen molar-refractivity contribution in [2.24, 2.45) is 11.8 Å². The fourth-order valence-electron chi connectivity index (χ4n) is 2.27. The van der Waals surface area contributed by atoms with Crippen molar-refractivity contribution in [1.29, 1.82) is 0 Å². The lowest BCUT2D eigenvalue weighted by Gasteiger charge is -2.14. The fraction of sp³-hybridized carbons (Fsp3) is 0.500. The number of likely N-dealkylation sites (tertiary alicyclic amines) is 1. The minimum absolute atomic E-state index is 0.104. The van der Waals surface area contributed by atoms with E-state index in [0.717, 1.165) is 0 Å². The van der Waals surface area contributed by atoms with E-state index >= 15 is 0 Å². The van der Waals surface area contributed by atoms with Crippen LogP contribution in [0.15, 0.2) is 23.0 Å². The number of carbonyl (C=O) groups is 2. The Bertz CT molecular complexity index is 429. The van der Waals surface area contributed by atoms with Crippen molar-refractivity contribution in [2.75, 3.05) is 26.7 Å². The zero-order chi connectivity index (χ0) is 13.1. The molecule has 2 atom stereocenters. The summed E-state index contributed by atoms with van der Waals surface area (Å²) in [4.78, 5) is 25.3. The first kappa shape index (κ1) is 12.6. The van der Waals surface area contributed by atoms with Gasteiger partial charge in [0.05, 0.1) is 17.7 Å². The van der Waals surface area contributed by atoms with E-state index in [4.69, 9.17) is 4.42 Å². The quantitative estimate of drug-likeness (QED) is 0.774. The molecule has 1 aromatic heterocycles. The summed E-state index contributed by atoms with van der Waals surface area (Å²) >= 11 is 0. The summed E-state index contributed by atoms with van der Waals surface area (Å²) in [6.45, 7) is 0.612. The molecule has 6 heteroatoms. The van der Waals surface area contributed by atoms with E-state index in [1.165, 1.54) is 12.5 Å². The Morgan fingerprint density at radius 2 is 2.33 bits per heavy atom. The summed E-state index contributed by atoms with van der Waals surface area (Å²) in [6, 6.07) is 1.59. The Hall–Kier alpha value is -1.82. The predicted octanol–water partition coefficient (Wildman–Crippen LogP) is -0.294. The van der Waals surface area contributed by atoms with Crippen LogP contribution in [0.4, 0.5) is 0 Å². The highest BCUT2D eigenvalue weighted by Crippen LogP contribution is 2.24. The van der Waals surface area contributed by atoms with Crippen molar-refractivity contribution in [3.63, 3.8) is 0 Å². The number of rotatable bonds is 3. The van der Waals surface area contributed by atoms with Crippen LogP contribution in [-0.4, -0.2) is 48.6 Å². The molecule has 2 rings (SSSR count). The topological polar surface area (TPSA) is 82.8 Å². The molecule has 0 aromatic carbocycles. The summed E-state index contributed by atoms with van der Waals surface area (Å²) in [5.41, 5.74) is 0.462. The van der Waals surface area contributed by atoms with Gasteiger partial charge in [-0.3, -0.25) is 9.59 Å². The fourth-order valence-corrected chi connectivity index (χ4v) is 2.27. The molecule has 1 saturated heterocycles. The zero-order valence-corrected chi connectivity index (χ0v) is 10.1. The van der Waals surface area contributed by atoms with Gasteiger partial charge in [0.1, 0.15) is 6.26 Å². The molecule has 1 fully saturated rings. The maximum Gasteiger partial charge on any atom is 0.257 e. The summed E-state index contributed by atoms with van der Waals surface area (Å²) < 4.78 is 4.87. The van der Waals surface area contributed by atoms with Crippen molar-refractivity contribution in [3.8, 4) is 0 Å². The van der Waals surface area contributed by atoms with Crippen LogP contribution in [0.1, 0.15) is 10.4 Å². The van der Waals surface area contributed by atoms with E-state index in [2.05, 4.69) is 5.32 Å². The molecule has 1 aliphatic rings. The Kier molecular flexibility index (Phi) is 3.66. The van der Waals surface area contributed by atoms with Crippen LogP contribution in [0.2, 0.25) is 0 Å². The Morgan fingerprint density at radius 3 is 2.89 bits per heavy atom. The van der Waals surface area contributed by atoms with Gasteiger partial charge in [-0.15, -0.1) is 0 Å².